The summed E-state index contributed by atoms with van der Waals surface area (Å²) in [6, 6.07) is 25.0. The second kappa shape index (κ2) is 12.2. The third-order valence-electron chi connectivity index (χ3n) is 5.59. The number of carbonyl (C=O) groups excluding carboxylic acids is 1. The van der Waals surface area contributed by atoms with Gasteiger partial charge in [0.2, 0.25) is 5.91 Å². The lowest BCUT2D eigenvalue weighted by atomic mass is 9.97. The summed E-state index contributed by atoms with van der Waals surface area (Å²) in [4.78, 5) is 13.0. The molecule has 3 aromatic rings. The van der Waals surface area contributed by atoms with Crippen molar-refractivity contribution in [1.29, 1.82) is 0 Å². The molecule has 7 heteroatoms. The Bertz CT molecular complexity index is 1130. The minimum absolute atomic E-state index is 0.132. The average molecular weight is 481 g/mol. The van der Waals surface area contributed by atoms with Crippen LogP contribution in [0.15, 0.2) is 89.8 Å². The molecule has 0 radical (unpaired) electrons. The Morgan fingerprint density at radius 1 is 0.912 bits per heavy atom. The summed E-state index contributed by atoms with van der Waals surface area (Å²) in [5, 5.41) is 2.94. The molecule has 0 aromatic heterocycles. The topological polar surface area (TPSA) is 75.7 Å². The highest BCUT2D eigenvalue weighted by Crippen LogP contribution is 2.25. The third-order valence-corrected chi connectivity index (χ3v) is 7.37. The van der Waals surface area contributed by atoms with Crippen LogP contribution in [0.2, 0.25) is 0 Å². The number of carbonyl (C=O) groups is 1. The third kappa shape index (κ3) is 6.84. The van der Waals surface area contributed by atoms with Crippen molar-refractivity contribution in [2.45, 2.75) is 31.6 Å². The van der Waals surface area contributed by atoms with E-state index >= 15 is 0 Å². The fraction of sp³-hybridized carbons (Fsp3) is 0.296. The molecule has 3 rings (SSSR count). The van der Waals surface area contributed by atoms with Gasteiger partial charge in [-0.25, -0.2) is 8.42 Å². The first-order chi connectivity index (χ1) is 16.4. The maximum Gasteiger partial charge on any atom is 0.264 e. The number of rotatable bonds is 12. The van der Waals surface area contributed by atoms with E-state index in [1.165, 1.54) is 17.7 Å². The molecule has 0 aliphatic rings. The molecule has 180 valence electrons. The minimum Gasteiger partial charge on any atom is -0.494 e. The fourth-order valence-electron chi connectivity index (χ4n) is 3.66. The predicted molar refractivity (Wildman–Crippen MR) is 136 cm³/mol. The second-order valence-corrected chi connectivity index (χ2v) is 9.88. The normalized spacial score (nSPS) is 12.1. The zero-order valence-corrected chi connectivity index (χ0v) is 20.5. The van der Waals surface area contributed by atoms with Gasteiger partial charge in [0.1, 0.15) is 12.3 Å². The molecule has 1 N–H and O–H groups in total. The van der Waals surface area contributed by atoms with Crippen molar-refractivity contribution in [2.75, 3.05) is 24.0 Å². The largest absolute Gasteiger partial charge is 0.494 e. The fourth-order valence-corrected chi connectivity index (χ4v) is 5.10. The van der Waals surface area contributed by atoms with Crippen molar-refractivity contribution in [3.63, 3.8) is 0 Å². The molecule has 0 heterocycles. The summed E-state index contributed by atoms with van der Waals surface area (Å²) in [6.07, 6.45) is 1.75. The Labute approximate surface area is 202 Å². The summed E-state index contributed by atoms with van der Waals surface area (Å²) < 4.78 is 33.5. The van der Waals surface area contributed by atoms with Gasteiger partial charge in [0.05, 0.1) is 17.2 Å². The molecule has 0 saturated heterocycles. The van der Waals surface area contributed by atoms with Crippen molar-refractivity contribution >= 4 is 21.6 Å². The summed E-state index contributed by atoms with van der Waals surface area (Å²) in [5.41, 5.74) is 1.62. The Kier molecular flexibility index (Phi) is 9.10. The van der Waals surface area contributed by atoms with Crippen molar-refractivity contribution in [3.05, 3.63) is 90.5 Å². The van der Waals surface area contributed by atoms with Crippen molar-refractivity contribution < 1.29 is 17.9 Å². The van der Waals surface area contributed by atoms with E-state index in [9.17, 15) is 13.2 Å². The zero-order valence-electron chi connectivity index (χ0n) is 19.7. The van der Waals surface area contributed by atoms with Gasteiger partial charge in [-0.1, -0.05) is 61.9 Å². The van der Waals surface area contributed by atoms with Crippen LogP contribution in [0.5, 0.6) is 5.75 Å². The number of ether oxygens (including phenoxy) is 1. The number of benzene rings is 3. The van der Waals surface area contributed by atoms with Crippen molar-refractivity contribution in [2.24, 2.45) is 5.92 Å². The van der Waals surface area contributed by atoms with Crippen LogP contribution in [-0.2, 0) is 21.2 Å². The van der Waals surface area contributed by atoms with Gasteiger partial charge in [-0.3, -0.25) is 9.10 Å². The molecule has 0 aliphatic carbocycles. The lowest BCUT2D eigenvalue weighted by Gasteiger charge is -2.25. The minimum atomic E-state index is -3.94. The van der Waals surface area contributed by atoms with Crippen LogP contribution in [0, 0.1) is 5.92 Å². The second-order valence-electron chi connectivity index (χ2n) is 8.02. The molecule has 6 nitrogen and oxygen atoms in total. The number of amides is 1. The Balaban J connectivity index is 1.76. The Hall–Kier alpha value is -3.32. The van der Waals surface area contributed by atoms with Crippen molar-refractivity contribution in [3.8, 4) is 5.75 Å². The number of hydrogen-bond donors (Lipinski definition) is 1. The molecule has 0 saturated carbocycles. The van der Waals surface area contributed by atoms with E-state index in [-0.39, 0.29) is 23.3 Å². The molecular formula is C27H32N2O4S. The van der Waals surface area contributed by atoms with Gasteiger partial charge in [0.15, 0.2) is 0 Å². The molecule has 0 fully saturated rings. The molecule has 1 unspecified atom stereocenters. The van der Waals surface area contributed by atoms with E-state index in [0.29, 0.717) is 24.6 Å². The van der Waals surface area contributed by atoms with Gasteiger partial charge in [-0.05, 0) is 61.2 Å². The van der Waals surface area contributed by atoms with Crippen molar-refractivity contribution in [1.82, 2.24) is 5.32 Å². The van der Waals surface area contributed by atoms with E-state index in [4.69, 9.17) is 4.74 Å². The number of nitrogens with zero attached hydrogens (tertiary/aromatic N) is 1. The number of anilines is 1. The summed E-state index contributed by atoms with van der Waals surface area (Å²) >= 11 is 0. The zero-order chi connectivity index (χ0) is 24.4. The molecular weight excluding hydrogens is 448 g/mol. The highest BCUT2D eigenvalue weighted by Gasteiger charge is 2.27. The van der Waals surface area contributed by atoms with Crippen LogP contribution < -0.4 is 14.4 Å². The van der Waals surface area contributed by atoms with Gasteiger partial charge in [0.25, 0.3) is 10.0 Å². The van der Waals surface area contributed by atoms with E-state index < -0.39 is 10.0 Å². The summed E-state index contributed by atoms with van der Waals surface area (Å²) in [5.74, 6) is 0.551. The van der Waals surface area contributed by atoms with Gasteiger partial charge in [-0.2, -0.15) is 0 Å². The SMILES string of the molecule is CCOc1ccc(N(CC(=O)NCC(CC)Cc2ccccc2)S(=O)(=O)c2ccccc2)cc1. The van der Waals surface area contributed by atoms with E-state index in [1.807, 2.05) is 25.1 Å². The van der Waals surface area contributed by atoms with Crippen LogP contribution >= 0.6 is 0 Å². The Morgan fingerprint density at radius 3 is 2.12 bits per heavy atom. The van der Waals surface area contributed by atoms with E-state index in [2.05, 4.69) is 24.4 Å². The van der Waals surface area contributed by atoms with Gasteiger partial charge in [-0.15, -0.1) is 0 Å². The van der Waals surface area contributed by atoms with Gasteiger partial charge >= 0.3 is 0 Å². The highest BCUT2D eigenvalue weighted by atomic mass is 32.2. The van der Waals surface area contributed by atoms with Crippen LogP contribution in [-0.4, -0.2) is 34.0 Å². The maximum atomic E-state index is 13.4. The molecule has 0 aliphatic heterocycles. The monoisotopic (exact) mass is 480 g/mol. The first-order valence-corrected chi connectivity index (χ1v) is 13.0. The number of nitrogens with one attached hydrogen (secondary N) is 1. The molecule has 1 amide bonds. The maximum absolute atomic E-state index is 13.4. The number of hydrogen-bond acceptors (Lipinski definition) is 4. The molecule has 0 bridgehead atoms. The number of sulfonamides is 1. The standard InChI is InChI=1S/C27H32N2O4S/c1-3-22(19-23-11-7-5-8-12-23)20-28-27(30)21-29(24-15-17-25(18-16-24)33-4-2)34(31,32)26-13-9-6-10-14-26/h5-18,22H,3-4,19-21H2,1-2H3,(H,28,30). The molecule has 0 spiro atoms. The highest BCUT2D eigenvalue weighted by molar-refractivity contribution is 7.92. The predicted octanol–water partition coefficient (Wildman–Crippen LogP) is 4.67. The van der Waals surface area contributed by atoms with Gasteiger partial charge in [0, 0.05) is 6.54 Å². The Morgan fingerprint density at radius 2 is 1.53 bits per heavy atom. The lowest BCUT2D eigenvalue weighted by molar-refractivity contribution is -0.119. The van der Waals surface area contributed by atoms with Crippen LogP contribution in [0.1, 0.15) is 25.8 Å². The summed E-state index contributed by atoms with van der Waals surface area (Å²) in [7, 11) is -3.94. The summed E-state index contributed by atoms with van der Waals surface area (Å²) in [6.45, 7) is 4.65. The lowest BCUT2D eigenvalue weighted by Crippen LogP contribution is -2.42. The quantitative estimate of drug-likeness (QED) is 0.409. The first-order valence-electron chi connectivity index (χ1n) is 11.5. The van der Waals surface area contributed by atoms with E-state index in [0.717, 1.165) is 17.1 Å². The molecule has 3 aromatic carbocycles. The van der Waals surface area contributed by atoms with Crippen LogP contribution in [0.4, 0.5) is 5.69 Å². The van der Waals surface area contributed by atoms with Gasteiger partial charge < -0.3 is 10.1 Å². The smallest absolute Gasteiger partial charge is 0.264 e. The average Bonchev–Trinajstić information content (AvgIpc) is 2.87. The van der Waals surface area contributed by atoms with E-state index in [1.54, 1.807) is 42.5 Å². The molecule has 34 heavy (non-hydrogen) atoms. The van der Waals surface area contributed by atoms with Crippen LogP contribution in [0.3, 0.4) is 0 Å². The molecule has 1 atom stereocenters. The van der Waals surface area contributed by atoms with Crippen LogP contribution in [0.25, 0.3) is 0 Å². The first kappa shape index (κ1) is 25.3.